The summed E-state index contributed by atoms with van der Waals surface area (Å²) in [5, 5.41) is 10.8. The Morgan fingerprint density at radius 2 is 2.12 bits per heavy atom. The number of carboxylic acid groups (broad SMARTS) is 1. The summed E-state index contributed by atoms with van der Waals surface area (Å²) in [6, 6.07) is 4.07. The molecule has 1 rings (SSSR count). The number of rotatable bonds is 4. The number of carbonyl (C=O) groups is 1. The summed E-state index contributed by atoms with van der Waals surface area (Å²) in [6.45, 7) is 4.40. The number of hydrogen-bond donors (Lipinski definition) is 2. The first kappa shape index (κ1) is 12.4. The zero-order valence-electron chi connectivity index (χ0n) is 9.83. The van der Waals surface area contributed by atoms with Gasteiger partial charge in [0.25, 0.3) is 0 Å². The Labute approximate surface area is 95.2 Å². The predicted molar refractivity (Wildman–Crippen MR) is 62.2 cm³/mol. The fourth-order valence-electron chi connectivity index (χ4n) is 1.82. The van der Waals surface area contributed by atoms with Gasteiger partial charge in [-0.15, -0.1) is 0 Å². The van der Waals surface area contributed by atoms with Crippen molar-refractivity contribution in [2.45, 2.75) is 20.3 Å². The van der Waals surface area contributed by atoms with Crippen molar-refractivity contribution in [3.05, 3.63) is 28.8 Å². The van der Waals surface area contributed by atoms with Crippen molar-refractivity contribution in [2.24, 2.45) is 0 Å². The Hall–Kier alpha value is -1.71. The average Bonchev–Trinajstić information content (AvgIpc) is 2.16. The van der Waals surface area contributed by atoms with Crippen LogP contribution in [0.5, 0.6) is 5.75 Å². The zero-order chi connectivity index (χ0) is 12.1. The number of hydrogen-bond acceptors (Lipinski definition) is 2. The third-order valence-corrected chi connectivity index (χ3v) is 2.37. The van der Waals surface area contributed by atoms with E-state index in [4.69, 9.17) is 9.84 Å². The highest BCUT2D eigenvalue weighted by atomic mass is 16.5. The van der Waals surface area contributed by atoms with Crippen molar-refractivity contribution in [1.29, 1.82) is 0 Å². The molecule has 1 amide bonds. The highest BCUT2D eigenvalue weighted by molar-refractivity contribution is 5.64. The van der Waals surface area contributed by atoms with Gasteiger partial charge in [-0.2, -0.15) is 0 Å². The minimum atomic E-state index is -0.997. The largest absolute Gasteiger partial charge is 0.496 e. The van der Waals surface area contributed by atoms with E-state index in [9.17, 15) is 4.79 Å². The Bertz CT molecular complexity index is 388. The van der Waals surface area contributed by atoms with E-state index in [-0.39, 0.29) is 0 Å². The summed E-state index contributed by atoms with van der Waals surface area (Å²) in [5.74, 6) is 0.845. The van der Waals surface area contributed by atoms with E-state index < -0.39 is 6.09 Å². The van der Waals surface area contributed by atoms with Gasteiger partial charge in [-0.25, -0.2) is 4.79 Å². The maximum Gasteiger partial charge on any atom is 0.404 e. The molecule has 0 aliphatic carbocycles. The second-order valence-electron chi connectivity index (χ2n) is 3.76. The van der Waals surface area contributed by atoms with Crippen LogP contribution in [0, 0.1) is 13.8 Å². The minimum absolute atomic E-state index is 0.397. The first-order valence-electron chi connectivity index (χ1n) is 5.15. The Morgan fingerprint density at radius 1 is 1.44 bits per heavy atom. The first-order chi connectivity index (χ1) is 7.54. The van der Waals surface area contributed by atoms with E-state index in [1.807, 2.05) is 26.0 Å². The molecule has 0 aliphatic rings. The van der Waals surface area contributed by atoms with Crippen LogP contribution in [0.2, 0.25) is 0 Å². The lowest BCUT2D eigenvalue weighted by Gasteiger charge is -2.12. The van der Waals surface area contributed by atoms with E-state index in [2.05, 4.69) is 5.32 Å². The summed E-state index contributed by atoms with van der Waals surface area (Å²) in [7, 11) is 1.63. The van der Waals surface area contributed by atoms with Gasteiger partial charge in [0.05, 0.1) is 7.11 Å². The third kappa shape index (κ3) is 3.15. The zero-order valence-corrected chi connectivity index (χ0v) is 9.83. The highest BCUT2D eigenvalue weighted by Gasteiger charge is 2.07. The van der Waals surface area contributed by atoms with E-state index in [0.717, 1.165) is 22.4 Å². The molecule has 0 saturated carbocycles. The third-order valence-electron chi connectivity index (χ3n) is 2.37. The number of methoxy groups -OCH3 is 1. The van der Waals surface area contributed by atoms with E-state index in [1.165, 1.54) is 0 Å². The Kier molecular flexibility index (Phi) is 4.17. The van der Waals surface area contributed by atoms with Crippen LogP contribution in [0.1, 0.15) is 16.7 Å². The van der Waals surface area contributed by atoms with E-state index >= 15 is 0 Å². The van der Waals surface area contributed by atoms with Gasteiger partial charge < -0.3 is 15.2 Å². The molecule has 4 heteroatoms. The van der Waals surface area contributed by atoms with Gasteiger partial charge >= 0.3 is 6.09 Å². The molecule has 0 unspecified atom stereocenters. The van der Waals surface area contributed by atoms with E-state index in [1.54, 1.807) is 7.11 Å². The molecule has 0 aromatic heterocycles. The summed E-state index contributed by atoms with van der Waals surface area (Å²) in [4.78, 5) is 10.3. The normalized spacial score (nSPS) is 9.94. The van der Waals surface area contributed by atoms with Crippen LogP contribution < -0.4 is 10.1 Å². The number of benzene rings is 1. The number of amides is 1. The number of nitrogens with one attached hydrogen (secondary N) is 1. The molecule has 1 aromatic carbocycles. The van der Waals surface area contributed by atoms with Crippen molar-refractivity contribution in [2.75, 3.05) is 13.7 Å². The standard InChI is InChI=1S/C12H17NO3/c1-8-6-9(2)11(16-3)10(7-8)4-5-13-12(14)15/h6-7,13H,4-5H2,1-3H3,(H,14,15). The van der Waals surface area contributed by atoms with Gasteiger partial charge in [0.2, 0.25) is 0 Å². The second kappa shape index (κ2) is 5.39. The summed E-state index contributed by atoms with van der Waals surface area (Å²) < 4.78 is 5.31. The molecule has 0 heterocycles. The molecule has 88 valence electrons. The lowest BCUT2D eigenvalue weighted by molar-refractivity contribution is 0.194. The molecular formula is C12H17NO3. The molecule has 0 atom stereocenters. The van der Waals surface area contributed by atoms with Crippen LogP contribution in [0.15, 0.2) is 12.1 Å². The molecule has 0 radical (unpaired) electrons. The Balaban J connectivity index is 2.81. The van der Waals surface area contributed by atoms with E-state index in [0.29, 0.717) is 13.0 Å². The van der Waals surface area contributed by atoms with Crippen LogP contribution >= 0.6 is 0 Å². The second-order valence-corrected chi connectivity index (χ2v) is 3.76. The van der Waals surface area contributed by atoms with Crippen molar-refractivity contribution < 1.29 is 14.6 Å². The maximum absolute atomic E-state index is 10.3. The van der Waals surface area contributed by atoms with Gasteiger partial charge in [-0.1, -0.05) is 17.7 Å². The lowest BCUT2D eigenvalue weighted by atomic mass is 10.0. The predicted octanol–water partition coefficient (Wildman–Crippen LogP) is 2.12. The van der Waals surface area contributed by atoms with Crippen LogP contribution in [-0.2, 0) is 6.42 Å². The molecule has 16 heavy (non-hydrogen) atoms. The molecule has 0 aliphatic heterocycles. The molecule has 0 saturated heterocycles. The highest BCUT2D eigenvalue weighted by Crippen LogP contribution is 2.25. The van der Waals surface area contributed by atoms with Gasteiger partial charge in [0, 0.05) is 6.54 Å². The fourth-order valence-corrected chi connectivity index (χ4v) is 1.82. The first-order valence-corrected chi connectivity index (χ1v) is 5.15. The minimum Gasteiger partial charge on any atom is -0.496 e. The molecule has 1 aromatic rings. The fraction of sp³-hybridized carbons (Fsp3) is 0.417. The van der Waals surface area contributed by atoms with Crippen LogP contribution in [0.3, 0.4) is 0 Å². The molecule has 0 fully saturated rings. The lowest BCUT2D eigenvalue weighted by Crippen LogP contribution is -2.23. The monoisotopic (exact) mass is 223 g/mol. The SMILES string of the molecule is COc1c(C)cc(C)cc1CCNC(=O)O. The summed E-state index contributed by atoms with van der Waals surface area (Å²) in [6.07, 6.45) is -0.360. The molecule has 2 N–H and O–H groups in total. The number of ether oxygens (including phenoxy) is 1. The van der Waals surface area contributed by atoms with Crippen LogP contribution in [0.4, 0.5) is 4.79 Å². The number of aryl methyl sites for hydroxylation is 2. The summed E-state index contributed by atoms with van der Waals surface area (Å²) in [5.41, 5.74) is 3.27. The van der Waals surface area contributed by atoms with Gasteiger partial charge in [-0.05, 0) is 31.4 Å². The van der Waals surface area contributed by atoms with Crippen molar-refractivity contribution >= 4 is 6.09 Å². The molecule has 0 spiro atoms. The quantitative estimate of drug-likeness (QED) is 0.822. The van der Waals surface area contributed by atoms with Crippen molar-refractivity contribution in [3.8, 4) is 5.75 Å². The average molecular weight is 223 g/mol. The molecule has 0 bridgehead atoms. The van der Waals surface area contributed by atoms with Gasteiger partial charge in [0.1, 0.15) is 5.75 Å². The Morgan fingerprint density at radius 3 is 2.69 bits per heavy atom. The molecular weight excluding hydrogens is 206 g/mol. The van der Waals surface area contributed by atoms with Crippen LogP contribution in [0.25, 0.3) is 0 Å². The maximum atomic E-state index is 10.3. The topological polar surface area (TPSA) is 58.6 Å². The molecule has 4 nitrogen and oxygen atoms in total. The van der Waals surface area contributed by atoms with Gasteiger partial charge in [-0.3, -0.25) is 0 Å². The summed E-state index contributed by atoms with van der Waals surface area (Å²) >= 11 is 0. The van der Waals surface area contributed by atoms with Gasteiger partial charge in [0.15, 0.2) is 0 Å². The smallest absolute Gasteiger partial charge is 0.404 e. The van der Waals surface area contributed by atoms with Crippen molar-refractivity contribution in [1.82, 2.24) is 5.32 Å². The van der Waals surface area contributed by atoms with Crippen LogP contribution in [-0.4, -0.2) is 24.9 Å². The van der Waals surface area contributed by atoms with Crippen molar-refractivity contribution in [3.63, 3.8) is 0 Å².